The Morgan fingerprint density at radius 1 is 0.955 bits per heavy atom. The van der Waals surface area contributed by atoms with Crippen LogP contribution < -0.4 is 14.8 Å². The summed E-state index contributed by atoms with van der Waals surface area (Å²) in [5.41, 5.74) is 2.67. The van der Waals surface area contributed by atoms with Crippen LogP contribution in [-0.4, -0.2) is 22.7 Å². The first-order chi connectivity index (χ1) is 10.8. The van der Waals surface area contributed by atoms with Crippen LogP contribution in [-0.2, 0) is 0 Å². The van der Waals surface area contributed by atoms with Crippen LogP contribution in [0, 0.1) is 0 Å². The van der Waals surface area contributed by atoms with Crippen molar-refractivity contribution in [3.63, 3.8) is 0 Å². The summed E-state index contributed by atoms with van der Waals surface area (Å²) in [6.07, 6.45) is 3.25. The van der Waals surface area contributed by atoms with E-state index in [1.54, 1.807) is 42.7 Å². The van der Waals surface area contributed by atoms with Gasteiger partial charge in [0.1, 0.15) is 0 Å². The van der Waals surface area contributed by atoms with Crippen molar-refractivity contribution >= 4 is 22.6 Å². The van der Waals surface area contributed by atoms with Crippen molar-refractivity contribution in [2.24, 2.45) is 0 Å². The molecule has 108 valence electrons. The number of hydrogen-bond acceptors (Lipinski definition) is 5. The van der Waals surface area contributed by atoms with Gasteiger partial charge in [0.15, 0.2) is 11.5 Å². The standard InChI is InChI=1S/C16H11N3O3/c20-16(10-1-4-14-15(7-10)22-9-21-14)19-11-2-3-12-13(8-11)18-6-5-17-12/h1-8H,9H2,(H,19,20). The molecule has 4 rings (SSSR count). The maximum Gasteiger partial charge on any atom is 0.255 e. The van der Waals surface area contributed by atoms with E-state index >= 15 is 0 Å². The van der Waals surface area contributed by atoms with Crippen molar-refractivity contribution in [1.82, 2.24) is 9.97 Å². The van der Waals surface area contributed by atoms with Crippen molar-refractivity contribution in [3.05, 3.63) is 54.4 Å². The largest absolute Gasteiger partial charge is 0.454 e. The molecule has 0 spiro atoms. The summed E-state index contributed by atoms with van der Waals surface area (Å²) in [4.78, 5) is 20.7. The summed E-state index contributed by atoms with van der Waals surface area (Å²) < 4.78 is 10.5. The van der Waals surface area contributed by atoms with Gasteiger partial charge < -0.3 is 14.8 Å². The molecule has 0 radical (unpaired) electrons. The highest BCUT2D eigenvalue weighted by Gasteiger charge is 2.16. The molecule has 0 aliphatic carbocycles. The first kappa shape index (κ1) is 12.6. The first-order valence-corrected chi connectivity index (χ1v) is 6.71. The summed E-state index contributed by atoms with van der Waals surface area (Å²) in [5, 5.41) is 2.84. The molecule has 0 fully saturated rings. The second-order valence-electron chi connectivity index (χ2n) is 4.78. The van der Waals surface area contributed by atoms with E-state index in [2.05, 4.69) is 15.3 Å². The molecule has 0 unspecified atom stereocenters. The minimum Gasteiger partial charge on any atom is -0.454 e. The third kappa shape index (κ3) is 2.20. The number of carbonyl (C=O) groups excluding carboxylic acids is 1. The number of nitrogens with one attached hydrogen (secondary N) is 1. The lowest BCUT2D eigenvalue weighted by molar-refractivity contribution is 0.102. The normalized spacial score (nSPS) is 12.4. The van der Waals surface area contributed by atoms with Crippen LogP contribution in [0.25, 0.3) is 11.0 Å². The fourth-order valence-corrected chi connectivity index (χ4v) is 2.28. The topological polar surface area (TPSA) is 73.3 Å². The predicted molar refractivity (Wildman–Crippen MR) is 80.1 cm³/mol. The van der Waals surface area contributed by atoms with E-state index in [1.807, 2.05) is 6.07 Å². The molecule has 0 atom stereocenters. The Kier molecular flexibility index (Phi) is 2.86. The molecule has 1 aliphatic rings. The Balaban J connectivity index is 1.60. The zero-order valence-electron chi connectivity index (χ0n) is 11.4. The summed E-state index contributed by atoms with van der Waals surface area (Å²) >= 11 is 0. The molecule has 6 heteroatoms. The van der Waals surface area contributed by atoms with E-state index in [-0.39, 0.29) is 12.7 Å². The van der Waals surface area contributed by atoms with Gasteiger partial charge in [-0.05, 0) is 36.4 Å². The Morgan fingerprint density at radius 3 is 2.68 bits per heavy atom. The van der Waals surface area contributed by atoms with Crippen molar-refractivity contribution < 1.29 is 14.3 Å². The van der Waals surface area contributed by atoms with Crippen molar-refractivity contribution in [2.75, 3.05) is 12.1 Å². The van der Waals surface area contributed by atoms with Gasteiger partial charge in [0, 0.05) is 23.6 Å². The highest BCUT2D eigenvalue weighted by atomic mass is 16.7. The van der Waals surface area contributed by atoms with Gasteiger partial charge in [-0.15, -0.1) is 0 Å². The molecule has 2 heterocycles. The number of rotatable bonds is 2. The molecular formula is C16H11N3O3. The summed E-state index contributed by atoms with van der Waals surface area (Å²) in [5.74, 6) is 1.01. The van der Waals surface area contributed by atoms with Crippen LogP contribution in [0.3, 0.4) is 0 Å². The van der Waals surface area contributed by atoms with Gasteiger partial charge in [-0.1, -0.05) is 0 Å². The maximum atomic E-state index is 12.3. The molecule has 2 aromatic carbocycles. The summed E-state index contributed by atoms with van der Waals surface area (Å²) in [6.45, 7) is 0.184. The van der Waals surface area contributed by atoms with Crippen molar-refractivity contribution in [2.45, 2.75) is 0 Å². The molecule has 1 N–H and O–H groups in total. The molecule has 1 amide bonds. The number of aromatic nitrogens is 2. The zero-order chi connectivity index (χ0) is 14.9. The van der Waals surface area contributed by atoms with Crippen molar-refractivity contribution in [3.8, 4) is 11.5 Å². The van der Waals surface area contributed by atoms with E-state index in [0.717, 1.165) is 11.0 Å². The third-order valence-electron chi connectivity index (χ3n) is 3.36. The fourth-order valence-electron chi connectivity index (χ4n) is 2.28. The molecule has 1 aliphatic heterocycles. The van der Waals surface area contributed by atoms with Crippen LogP contribution >= 0.6 is 0 Å². The Morgan fingerprint density at radius 2 is 1.77 bits per heavy atom. The number of ether oxygens (including phenoxy) is 2. The molecule has 3 aromatic rings. The predicted octanol–water partition coefficient (Wildman–Crippen LogP) is 2.61. The summed E-state index contributed by atoms with van der Waals surface area (Å²) in [7, 11) is 0. The van der Waals surface area contributed by atoms with E-state index in [1.165, 1.54) is 0 Å². The van der Waals surface area contributed by atoms with E-state index < -0.39 is 0 Å². The smallest absolute Gasteiger partial charge is 0.255 e. The van der Waals surface area contributed by atoms with Gasteiger partial charge in [0.25, 0.3) is 5.91 Å². The van der Waals surface area contributed by atoms with Gasteiger partial charge in [-0.25, -0.2) is 0 Å². The van der Waals surface area contributed by atoms with Gasteiger partial charge >= 0.3 is 0 Å². The third-order valence-corrected chi connectivity index (χ3v) is 3.36. The van der Waals surface area contributed by atoms with Crippen molar-refractivity contribution in [1.29, 1.82) is 0 Å². The number of hydrogen-bond donors (Lipinski definition) is 1. The minimum absolute atomic E-state index is 0.184. The van der Waals surface area contributed by atoms with Crippen LogP contribution in [0.1, 0.15) is 10.4 Å². The van der Waals surface area contributed by atoms with Crippen LogP contribution in [0.4, 0.5) is 5.69 Å². The SMILES string of the molecule is O=C(Nc1ccc2nccnc2c1)c1ccc2c(c1)OCO2. The molecule has 1 aromatic heterocycles. The number of nitrogens with zero attached hydrogens (tertiary/aromatic N) is 2. The number of benzene rings is 2. The monoisotopic (exact) mass is 293 g/mol. The lowest BCUT2D eigenvalue weighted by atomic mass is 10.2. The second kappa shape index (κ2) is 5.00. The number of fused-ring (bicyclic) bond motifs is 2. The molecular weight excluding hydrogens is 282 g/mol. The van der Waals surface area contributed by atoms with Gasteiger partial charge in [0.05, 0.1) is 11.0 Å². The van der Waals surface area contributed by atoms with Crippen LogP contribution in [0.2, 0.25) is 0 Å². The average molecular weight is 293 g/mol. The minimum atomic E-state index is -0.221. The summed E-state index contributed by atoms with van der Waals surface area (Å²) in [6, 6.07) is 10.5. The van der Waals surface area contributed by atoms with E-state index in [4.69, 9.17) is 9.47 Å². The van der Waals surface area contributed by atoms with Crippen LogP contribution in [0.15, 0.2) is 48.8 Å². The lowest BCUT2D eigenvalue weighted by Gasteiger charge is -2.06. The Labute approximate surface area is 125 Å². The zero-order valence-corrected chi connectivity index (χ0v) is 11.4. The number of amides is 1. The fraction of sp³-hybridized carbons (Fsp3) is 0.0625. The van der Waals surface area contributed by atoms with Gasteiger partial charge in [-0.3, -0.25) is 14.8 Å². The number of carbonyl (C=O) groups is 1. The van der Waals surface area contributed by atoms with Gasteiger partial charge in [-0.2, -0.15) is 0 Å². The quantitative estimate of drug-likeness (QED) is 0.786. The maximum absolute atomic E-state index is 12.3. The molecule has 22 heavy (non-hydrogen) atoms. The average Bonchev–Trinajstić information content (AvgIpc) is 3.02. The molecule has 6 nitrogen and oxygen atoms in total. The highest BCUT2D eigenvalue weighted by Crippen LogP contribution is 2.32. The molecule has 0 bridgehead atoms. The lowest BCUT2D eigenvalue weighted by Crippen LogP contribution is -2.11. The van der Waals surface area contributed by atoms with Gasteiger partial charge in [0.2, 0.25) is 6.79 Å². The Hall–Kier alpha value is -3.15. The molecule has 0 saturated carbocycles. The van der Waals surface area contributed by atoms with E-state index in [9.17, 15) is 4.79 Å². The molecule has 0 saturated heterocycles. The van der Waals surface area contributed by atoms with Crippen LogP contribution in [0.5, 0.6) is 11.5 Å². The van der Waals surface area contributed by atoms with E-state index in [0.29, 0.717) is 22.7 Å². The highest BCUT2D eigenvalue weighted by molar-refractivity contribution is 6.05. The first-order valence-electron chi connectivity index (χ1n) is 6.71. The second-order valence-corrected chi connectivity index (χ2v) is 4.78. The Bertz CT molecular complexity index is 879. The number of anilines is 1.